The van der Waals surface area contributed by atoms with Gasteiger partial charge in [-0.1, -0.05) is 19.1 Å². The molecule has 0 saturated heterocycles. The maximum absolute atomic E-state index is 5.71. The number of nitrogens with one attached hydrogen (secondary N) is 1. The van der Waals surface area contributed by atoms with E-state index in [0.717, 1.165) is 18.8 Å². The van der Waals surface area contributed by atoms with Gasteiger partial charge in [0.05, 0.1) is 6.10 Å². The Hall–Kier alpha value is -1.02. The van der Waals surface area contributed by atoms with Crippen LogP contribution in [0.3, 0.4) is 0 Å². The van der Waals surface area contributed by atoms with E-state index in [4.69, 9.17) is 4.74 Å². The van der Waals surface area contributed by atoms with Crippen molar-refractivity contribution in [3.05, 3.63) is 29.8 Å². The minimum atomic E-state index is 0.239. The van der Waals surface area contributed by atoms with Gasteiger partial charge in [0, 0.05) is 13.1 Å². The summed E-state index contributed by atoms with van der Waals surface area (Å²) in [6.07, 6.45) is 4.33. The summed E-state index contributed by atoms with van der Waals surface area (Å²) in [6, 6.07) is 8.39. The van der Waals surface area contributed by atoms with E-state index < -0.39 is 0 Å². The summed E-state index contributed by atoms with van der Waals surface area (Å²) in [4.78, 5) is 0. The van der Waals surface area contributed by atoms with Crippen LogP contribution in [-0.2, 0) is 6.54 Å². The molecule has 1 aliphatic carbocycles. The lowest BCUT2D eigenvalue weighted by molar-refractivity contribution is 0.242. The molecule has 1 fully saturated rings. The summed E-state index contributed by atoms with van der Waals surface area (Å²) in [5, 5.41) is 3.58. The Morgan fingerprint density at radius 3 is 2.72 bits per heavy atom. The van der Waals surface area contributed by atoms with Gasteiger partial charge in [-0.05, 0) is 56.2 Å². The zero-order valence-corrected chi connectivity index (χ0v) is 11.8. The van der Waals surface area contributed by atoms with Crippen molar-refractivity contribution in [2.75, 3.05) is 6.54 Å². The van der Waals surface area contributed by atoms with Crippen molar-refractivity contribution in [1.29, 1.82) is 0 Å². The van der Waals surface area contributed by atoms with Gasteiger partial charge in [0.25, 0.3) is 0 Å². The lowest BCUT2D eigenvalue weighted by Gasteiger charge is -2.14. The van der Waals surface area contributed by atoms with E-state index in [0.29, 0.717) is 5.41 Å². The highest BCUT2D eigenvalue weighted by Crippen LogP contribution is 2.47. The highest BCUT2D eigenvalue weighted by molar-refractivity contribution is 5.28. The number of hydrogen-bond acceptors (Lipinski definition) is 2. The minimum absolute atomic E-state index is 0.239. The average Bonchev–Trinajstić information content (AvgIpc) is 3.09. The van der Waals surface area contributed by atoms with Gasteiger partial charge in [-0.15, -0.1) is 0 Å². The van der Waals surface area contributed by atoms with E-state index in [2.05, 4.69) is 44.3 Å². The van der Waals surface area contributed by atoms with Crippen molar-refractivity contribution in [1.82, 2.24) is 5.32 Å². The van der Waals surface area contributed by atoms with Crippen molar-refractivity contribution in [2.45, 2.75) is 52.7 Å². The van der Waals surface area contributed by atoms with E-state index in [1.165, 1.54) is 24.8 Å². The van der Waals surface area contributed by atoms with Crippen LogP contribution in [0, 0.1) is 5.41 Å². The Bertz CT molecular complexity index is 382. The first kappa shape index (κ1) is 13.4. The smallest absolute Gasteiger partial charge is 0.120 e. The lowest BCUT2D eigenvalue weighted by atomic mass is 10.0. The van der Waals surface area contributed by atoms with Crippen LogP contribution in [-0.4, -0.2) is 12.6 Å². The van der Waals surface area contributed by atoms with Crippen LogP contribution in [0.5, 0.6) is 5.75 Å². The van der Waals surface area contributed by atoms with Crippen LogP contribution < -0.4 is 10.1 Å². The first-order valence-electron chi connectivity index (χ1n) is 7.10. The molecule has 0 aromatic heterocycles. The monoisotopic (exact) mass is 247 g/mol. The van der Waals surface area contributed by atoms with Crippen LogP contribution in [0.1, 0.15) is 45.6 Å². The molecule has 0 spiro atoms. The molecule has 0 radical (unpaired) electrons. The van der Waals surface area contributed by atoms with E-state index >= 15 is 0 Å². The van der Waals surface area contributed by atoms with Gasteiger partial charge in [-0.25, -0.2) is 0 Å². The molecule has 1 aromatic carbocycles. The summed E-state index contributed by atoms with van der Waals surface area (Å²) < 4.78 is 5.71. The van der Waals surface area contributed by atoms with E-state index in [-0.39, 0.29) is 6.10 Å². The summed E-state index contributed by atoms with van der Waals surface area (Å²) in [5.41, 5.74) is 1.92. The van der Waals surface area contributed by atoms with E-state index in [9.17, 15) is 0 Å². The molecular formula is C16H25NO. The Labute approximate surface area is 111 Å². The molecule has 0 unspecified atom stereocenters. The third-order valence-corrected chi connectivity index (χ3v) is 3.81. The van der Waals surface area contributed by atoms with Gasteiger partial charge in [0.2, 0.25) is 0 Å². The molecule has 0 atom stereocenters. The molecule has 0 aliphatic heterocycles. The fourth-order valence-corrected chi connectivity index (χ4v) is 2.31. The summed E-state index contributed by atoms with van der Waals surface area (Å²) in [6.45, 7) is 8.51. The molecule has 18 heavy (non-hydrogen) atoms. The van der Waals surface area contributed by atoms with Crippen LogP contribution >= 0.6 is 0 Å². The van der Waals surface area contributed by atoms with Gasteiger partial charge in [-0.2, -0.15) is 0 Å². The van der Waals surface area contributed by atoms with E-state index in [1.807, 2.05) is 6.07 Å². The SMILES string of the molecule is CCC1(CNCc2cccc(OC(C)C)c2)CC1. The highest BCUT2D eigenvalue weighted by atomic mass is 16.5. The summed E-state index contributed by atoms with van der Waals surface area (Å²) in [7, 11) is 0. The highest BCUT2D eigenvalue weighted by Gasteiger charge is 2.39. The van der Waals surface area contributed by atoms with E-state index in [1.54, 1.807) is 0 Å². The minimum Gasteiger partial charge on any atom is -0.491 e. The molecule has 2 heteroatoms. The van der Waals surface area contributed by atoms with Crippen LogP contribution in [0.4, 0.5) is 0 Å². The maximum atomic E-state index is 5.71. The molecule has 0 heterocycles. The third kappa shape index (κ3) is 3.74. The van der Waals surface area contributed by atoms with Gasteiger partial charge in [-0.3, -0.25) is 0 Å². The fraction of sp³-hybridized carbons (Fsp3) is 0.625. The summed E-state index contributed by atoms with van der Waals surface area (Å²) in [5.74, 6) is 0.973. The van der Waals surface area contributed by atoms with Gasteiger partial charge in [0.1, 0.15) is 5.75 Å². The number of ether oxygens (including phenoxy) is 1. The zero-order valence-electron chi connectivity index (χ0n) is 11.8. The number of benzene rings is 1. The number of hydrogen-bond donors (Lipinski definition) is 1. The molecule has 2 nitrogen and oxygen atoms in total. The predicted molar refractivity (Wildman–Crippen MR) is 75.9 cm³/mol. The zero-order chi connectivity index (χ0) is 13.0. The fourth-order valence-electron chi connectivity index (χ4n) is 2.31. The second-order valence-corrected chi connectivity index (χ2v) is 5.77. The Morgan fingerprint density at radius 2 is 2.11 bits per heavy atom. The topological polar surface area (TPSA) is 21.3 Å². The molecule has 0 bridgehead atoms. The average molecular weight is 247 g/mol. The second kappa shape index (κ2) is 5.75. The largest absolute Gasteiger partial charge is 0.491 e. The van der Waals surface area contributed by atoms with Gasteiger partial charge >= 0.3 is 0 Å². The number of rotatable bonds is 7. The lowest BCUT2D eigenvalue weighted by Crippen LogP contribution is -2.23. The molecule has 100 valence electrons. The maximum Gasteiger partial charge on any atom is 0.120 e. The van der Waals surface area contributed by atoms with Crippen molar-refractivity contribution < 1.29 is 4.74 Å². The second-order valence-electron chi connectivity index (χ2n) is 5.77. The van der Waals surface area contributed by atoms with Crippen LogP contribution in [0.15, 0.2) is 24.3 Å². The summed E-state index contributed by atoms with van der Waals surface area (Å²) >= 11 is 0. The van der Waals surface area contributed by atoms with Crippen molar-refractivity contribution in [3.63, 3.8) is 0 Å². The van der Waals surface area contributed by atoms with Gasteiger partial charge in [0.15, 0.2) is 0 Å². The van der Waals surface area contributed by atoms with Crippen molar-refractivity contribution in [2.24, 2.45) is 5.41 Å². The van der Waals surface area contributed by atoms with Crippen molar-refractivity contribution in [3.8, 4) is 5.75 Å². The van der Waals surface area contributed by atoms with Crippen molar-refractivity contribution >= 4 is 0 Å². The Morgan fingerprint density at radius 1 is 1.33 bits per heavy atom. The Balaban J connectivity index is 1.81. The standard InChI is InChI=1S/C16H25NO/c1-4-16(8-9-16)12-17-11-14-6-5-7-15(10-14)18-13(2)3/h5-7,10,13,17H,4,8-9,11-12H2,1-3H3. The quantitative estimate of drug-likeness (QED) is 0.792. The Kier molecular flexibility index (Phi) is 4.28. The first-order chi connectivity index (χ1) is 8.63. The predicted octanol–water partition coefficient (Wildman–Crippen LogP) is 3.75. The third-order valence-electron chi connectivity index (χ3n) is 3.81. The van der Waals surface area contributed by atoms with Crippen LogP contribution in [0.25, 0.3) is 0 Å². The molecule has 1 N–H and O–H groups in total. The first-order valence-corrected chi connectivity index (χ1v) is 7.10. The van der Waals surface area contributed by atoms with Crippen LogP contribution in [0.2, 0.25) is 0 Å². The molecule has 1 aliphatic rings. The molecule has 2 rings (SSSR count). The normalized spacial score (nSPS) is 16.9. The molecule has 1 aromatic rings. The molecular weight excluding hydrogens is 222 g/mol. The molecule has 1 saturated carbocycles. The van der Waals surface area contributed by atoms with Gasteiger partial charge < -0.3 is 10.1 Å². The molecule has 0 amide bonds.